The molecule has 0 unspecified atom stereocenters. The van der Waals surface area contributed by atoms with E-state index in [1.807, 2.05) is 37.3 Å². The Labute approximate surface area is 159 Å². The summed E-state index contributed by atoms with van der Waals surface area (Å²) in [6, 6.07) is 10.5. The topological polar surface area (TPSA) is 114 Å². The standard InChI is InChI=1S/C19H26N6O2/c1-4-22-18(21-2)14-11-23-17(10-15(14)20)25-19(26)24-16(12-27-3)13-8-6-5-7-9-13/h5-11,16H,4,12H2,1-3H3,(H,21,22)(H4,20,23,24,25,26)/t16-/m1/s1. The molecule has 1 aromatic heterocycles. The molecule has 0 saturated heterocycles. The third kappa shape index (κ3) is 5.68. The molecule has 2 aromatic rings. The minimum absolute atomic E-state index is 0.277. The molecule has 0 radical (unpaired) electrons. The largest absolute Gasteiger partial charge is 0.398 e. The fourth-order valence-corrected chi connectivity index (χ4v) is 2.58. The second-order valence-electron chi connectivity index (χ2n) is 5.78. The van der Waals surface area contributed by atoms with Crippen LogP contribution in [0.4, 0.5) is 16.3 Å². The van der Waals surface area contributed by atoms with E-state index in [2.05, 4.69) is 25.9 Å². The molecule has 8 heteroatoms. The van der Waals surface area contributed by atoms with Crippen molar-refractivity contribution in [2.75, 3.05) is 38.4 Å². The minimum atomic E-state index is -0.392. The van der Waals surface area contributed by atoms with Gasteiger partial charge < -0.3 is 21.1 Å². The van der Waals surface area contributed by atoms with Crippen molar-refractivity contribution in [1.82, 2.24) is 15.6 Å². The number of nitrogen functional groups attached to an aromatic ring is 1. The van der Waals surface area contributed by atoms with Gasteiger partial charge in [0.25, 0.3) is 0 Å². The van der Waals surface area contributed by atoms with Crippen LogP contribution in [-0.4, -0.2) is 44.2 Å². The third-order valence-electron chi connectivity index (χ3n) is 3.84. The Hall–Kier alpha value is -3.13. The van der Waals surface area contributed by atoms with E-state index in [1.165, 1.54) is 0 Å². The zero-order valence-corrected chi connectivity index (χ0v) is 15.8. The van der Waals surface area contributed by atoms with Gasteiger partial charge in [-0.1, -0.05) is 30.3 Å². The lowest BCUT2D eigenvalue weighted by atomic mass is 10.1. The second kappa shape index (κ2) is 10.1. The first-order valence-corrected chi connectivity index (χ1v) is 8.67. The number of benzene rings is 1. The van der Waals surface area contributed by atoms with Gasteiger partial charge in [-0.25, -0.2) is 9.78 Å². The van der Waals surface area contributed by atoms with Gasteiger partial charge in [-0.05, 0) is 12.5 Å². The van der Waals surface area contributed by atoms with Crippen molar-refractivity contribution in [3.63, 3.8) is 0 Å². The first-order chi connectivity index (χ1) is 13.1. The lowest BCUT2D eigenvalue weighted by Gasteiger charge is -2.19. The molecule has 0 fully saturated rings. The van der Waals surface area contributed by atoms with Crippen LogP contribution in [-0.2, 0) is 4.74 Å². The van der Waals surface area contributed by atoms with Crippen LogP contribution in [0.15, 0.2) is 47.6 Å². The molecule has 144 valence electrons. The van der Waals surface area contributed by atoms with Crippen molar-refractivity contribution >= 4 is 23.4 Å². The van der Waals surface area contributed by atoms with E-state index in [1.54, 1.807) is 26.4 Å². The Morgan fingerprint density at radius 3 is 2.67 bits per heavy atom. The summed E-state index contributed by atoms with van der Waals surface area (Å²) in [5.74, 6) is 1.01. The van der Waals surface area contributed by atoms with Crippen LogP contribution in [0.2, 0.25) is 0 Å². The van der Waals surface area contributed by atoms with Gasteiger partial charge in [0.05, 0.1) is 18.2 Å². The molecule has 1 atom stereocenters. The van der Waals surface area contributed by atoms with E-state index in [9.17, 15) is 4.79 Å². The fourth-order valence-electron chi connectivity index (χ4n) is 2.58. The maximum atomic E-state index is 12.4. The summed E-state index contributed by atoms with van der Waals surface area (Å²) in [5, 5.41) is 8.70. The number of carbonyl (C=O) groups excluding carboxylic acids is 1. The van der Waals surface area contributed by atoms with Crippen molar-refractivity contribution in [3.05, 3.63) is 53.7 Å². The summed E-state index contributed by atoms with van der Waals surface area (Å²) in [6.45, 7) is 3.04. The molecule has 8 nitrogen and oxygen atoms in total. The number of pyridine rings is 1. The van der Waals surface area contributed by atoms with Gasteiger partial charge in [0.15, 0.2) is 0 Å². The minimum Gasteiger partial charge on any atom is -0.398 e. The Morgan fingerprint density at radius 2 is 2.07 bits per heavy atom. The molecule has 1 aromatic carbocycles. The highest BCUT2D eigenvalue weighted by Crippen LogP contribution is 2.17. The van der Waals surface area contributed by atoms with Crippen molar-refractivity contribution in [2.24, 2.45) is 4.99 Å². The smallest absolute Gasteiger partial charge is 0.320 e. The molecule has 2 rings (SSSR count). The van der Waals surface area contributed by atoms with Gasteiger partial charge >= 0.3 is 6.03 Å². The van der Waals surface area contributed by atoms with Crippen LogP contribution in [0.3, 0.4) is 0 Å². The summed E-state index contributed by atoms with van der Waals surface area (Å²) in [6.07, 6.45) is 1.58. The average Bonchev–Trinajstić information content (AvgIpc) is 2.67. The zero-order valence-electron chi connectivity index (χ0n) is 15.8. The van der Waals surface area contributed by atoms with Crippen LogP contribution in [0, 0.1) is 0 Å². The Balaban J connectivity index is 2.07. The molecule has 2 amide bonds. The van der Waals surface area contributed by atoms with Crippen molar-refractivity contribution in [3.8, 4) is 0 Å². The molecule has 0 saturated carbocycles. The number of rotatable bonds is 7. The highest BCUT2D eigenvalue weighted by atomic mass is 16.5. The number of ether oxygens (including phenoxy) is 1. The van der Waals surface area contributed by atoms with Gasteiger partial charge in [0, 0.05) is 38.7 Å². The van der Waals surface area contributed by atoms with Gasteiger partial charge in [-0.3, -0.25) is 10.3 Å². The van der Waals surface area contributed by atoms with E-state index >= 15 is 0 Å². The number of hydrogen-bond acceptors (Lipinski definition) is 5. The molecule has 0 aliphatic heterocycles. The SMILES string of the molecule is CCNC(=NC)c1cnc(NC(=O)N[C@H](COC)c2ccccc2)cc1N. The summed E-state index contributed by atoms with van der Waals surface area (Å²) < 4.78 is 5.21. The summed E-state index contributed by atoms with van der Waals surface area (Å²) in [5.41, 5.74) is 8.20. The molecule has 27 heavy (non-hydrogen) atoms. The summed E-state index contributed by atoms with van der Waals surface area (Å²) in [7, 11) is 3.27. The predicted octanol–water partition coefficient (Wildman–Crippen LogP) is 2.16. The Bertz CT molecular complexity index is 779. The number of urea groups is 1. The normalized spacial score (nSPS) is 12.3. The molecule has 0 spiro atoms. The maximum absolute atomic E-state index is 12.4. The van der Waals surface area contributed by atoms with Gasteiger partial charge in [0.1, 0.15) is 11.7 Å². The number of aliphatic imine (C=N–C) groups is 1. The highest BCUT2D eigenvalue weighted by molar-refractivity contribution is 6.03. The molecule has 0 aliphatic carbocycles. The number of methoxy groups -OCH3 is 1. The number of carbonyl (C=O) groups is 1. The van der Waals surface area contributed by atoms with E-state index in [0.717, 1.165) is 12.1 Å². The van der Waals surface area contributed by atoms with Gasteiger partial charge in [-0.15, -0.1) is 0 Å². The fraction of sp³-hybridized carbons (Fsp3) is 0.316. The summed E-state index contributed by atoms with van der Waals surface area (Å²) in [4.78, 5) is 20.8. The zero-order chi connectivity index (χ0) is 19.6. The molecule has 0 aliphatic rings. The van der Waals surface area contributed by atoms with Crippen LogP contribution in [0.5, 0.6) is 0 Å². The Kier molecular flexibility index (Phi) is 7.57. The van der Waals surface area contributed by atoms with Crippen molar-refractivity contribution in [2.45, 2.75) is 13.0 Å². The number of amides is 2. The second-order valence-corrected chi connectivity index (χ2v) is 5.78. The van der Waals surface area contributed by atoms with E-state index < -0.39 is 6.03 Å². The first-order valence-electron chi connectivity index (χ1n) is 8.67. The van der Waals surface area contributed by atoms with Crippen molar-refractivity contribution < 1.29 is 9.53 Å². The summed E-state index contributed by atoms with van der Waals surface area (Å²) >= 11 is 0. The van der Waals surface area contributed by atoms with Gasteiger partial charge in [0.2, 0.25) is 0 Å². The third-order valence-corrected chi connectivity index (χ3v) is 3.84. The van der Waals surface area contributed by atoms with E-state index in [4.69, 9.17) is 10.5 Å². The quantitative estimate of drug-likeness (QED) is 0.441. The highest BCUT2D eigenvalue weighted by Gasteiger charge is 2.15. The molecular formula is C19H26N6O2. The number of nitrogens with one attached hydrogen (secondary N) is 3. The van der Waals surface area contributed by atoms with E-state index in [-0.39, 0.29) is 6.04 Å². The predicted molar refractivity (Wildman–Crippen MR) is 108 cm³/mol. The molecule has 1 heterocycles. The van der Waals surface area contributed by atoms with Gasteiger partial charge in [-0.2, -0.15) is 0 Å². The maximum Gasteiger partial charge on any atom is 0.320 e. The lowest BCUT2D eigenvalue weighted by molar-refractivity contribution is 0.168. The van der Waals surface area contributed by atoms with Crippen LogP contribution in [0.25, 0.3) is 0 Å². The van der Waals surface area contributed by atoms with Crippen molar-refractivity contribution in [1.29, 1.82) is 0 Å². The molecular weight excluding hydrogens is 344 g/mol. The average molecular weight is 370 g/mol. The Morgan fingerprint density at radius 1 is 1.33 bits per heavy atom. The molecule has 5 N–H and O–H groups in total. The molecule has 0 bridgehead atoms. The number of nitrogens with two attached hydrogens (primary N) is 1. The monoisotopic (exact) mass is 370 g/mol. The number of nitrogens with zero attached hydrogens (tertiary/aromatic N) is 2. The number of hydrogen-bond donors (Lipinski definition) is 4. The van der Waals surface area contributed by atoms with E-state index in [0.29, 0.717) is 29.5 Å². The first kappa shape index (κ1) is 20.2. The van der Waals surface area contributed by atoms with Crippen LogP contribution < -0.4 is 21.7 Å². The number of amidine groups is 1. The van der Waals surface area contributed by atoms with Crippen LogP contribution in [0.1, 0.15) is 24.1 Å². The number of anilines is 2. The lowest BCUT2D eigenvalue weighted by Crippen LogP contribution is -2.35. The number of aromatic nitrogens is 1. The van der Waals surface area contributed by atoms with Crippen LogP contribution >= 0.6 is 0 Å².